The quantitative estimate of drug-likeness (QED) is 0.487. The van der Waals surface area contributed by atoms with Gasteiger partial charge >= 0.3 is 0 Å². The highest BCUT2D eigenvalue weighted by Gasteiger charge is 2.27. The molecule has 0 saturated carbocycles. The number of benzene rings is 2. The molecule has 2 aromatic carbocycles. The van der Waals surface area contributed by atoms with Crippen LogP contribution < -0.4 is 21.5 Å². The first-order valence-corrected chi connectivity index (χ1v) is 9.90. The monoisotopic (exact) mass is 396 g/mol. The number of carbonyl (C=O) groups excluding carboxylic acids is 2. The fourth-order valence-corrected chi connectivity index (χ4v) is 3.41. The van der Waals surface area contributed by atoms with E-state index in [1.165, 1.54) is 0 Å². The third-order valence-corrected chi connectivity index (χ3v) is 5.09. The topological polar surface area (TPSA) is 111 Å². The third-order valence-electron chi connectivity index (χ3n) is 5.09. The van der Waals surface area contributed by atoms with Crippen LogP contribution in [0.25, 0.3) is 0 Å². The van der Waals surface area contributed by atoms with Crippen molar-refractivity contribution < 1.29 is 14.3 Å². The van der Waals surface area contributed by atoms with E-state index in [0.29, 0.717) is 50.4 Å². The van der Waals surface area contributed by atoms with Crippen LogP contribution in [0.5, 0.6) is 5.75 Å². The van der Waals surface area contributed by atoms with E-state index in [9.17, 15) is 9.59 Å². The summed E-state index contributed by atoms with van der Waals surface area (Å²) in [4.78, 5) is 26.7. The summed E-state index contributed by atoms with van der Waals surface area (Å²) in [6.07, 6.45) is 0.793. The van der Waals surface area contributed by atoms with Gasteiger partial charge in [0.2, 0.25) is 5.91 Å². The molecule has 29 heavy (non-hydrogen) atoms. The highest BCUT2D eigenvalue weighted by Crippen LogP contribution is 2.19. The molecule has 1 aliphatic heterocycles. The average Bonchev–Trinajstić information content (AvgIpc) is 2.77. The van der Waals surface area contributed by atoms with Crippen molar-refractivity contribution in [2.75, 3.05) is 26.2 Å². The molecular weight excluding hydrogens is 368 g/mol. The van der Waals surface area contributed by atoms with Crippen molar-refractivity contribution in [3.8, 4) is 5.75 Å². The molecule has 0 aliphatic carbocycles. The van der Waals surface area contributed by atoms with Crippen LogP contribution in [0.3, 0.4) is 0 Å². The van der Waals surface area contributed by atoms with Gasteiger partial charge in [0.05, 0.1) is 12.7 Å². The number of hydrogen-bond donors (Lipinski definition) is 3. The smallest absolute Gasteiger partial charge is 0.253 e. The second-order valence-corrected chi connectivity index (χ2v) is 7.17. The van der Waals surface area contributed by atoms with Gasteiger partial charge in [-0.05, 0) is 42.7 Å². The number of carbonyl (C=O) groups is 2. The van der Waals surface area contributed by atoms with Crippen LogP contribution in [0.2, 0.25) is 0 Å². The van der Waals surface area contributed by atoms with Crippen molar-refractivity contribution in [1.82, 2.24) is 10.2 Å². The third kappa shape index (κ3) is 5.79. The molecule has 0 aromatic heterocycles. The van der Waals surface area contributed by atoms with Crippen molar-refractivity contribution in [3.63, 3.8) is 0 Å². The Hall–Kier alpha value is -2.90. The first-order valence-electron chi connectivity index (χ1n) is 9.90. The van der Waals surface area contributed by atoms with E-state index in [1.807, 2.05) is 53.4 Å². The number of rotatable bonds is 7. The lowest BCUT2D eigenvalue weighted by Crippen LogP contribution is -2.43. The standard InChI is InChI=1S/C22H28N4O3/c23-20(24)18-7-4-8-19(15-18)29-14-11-25-21(27)16-9-12-26(13-10-16)22(28)17-5-2-1-3-6-17/h1-8,15-16,20H,9-14,23-24H2,(H,25,27). The van der Waals surface area contributed by atoms with E-state index in [1.54, 1.807) is 6.07 Å². The van der Waals surface area contributed by atoms with Gasteiger partial charge in [0.15, 0.2) is 0 Å². The molecule has 5 N–H and O–H groups in total. The van der Waals surface area contributed by atoms with Gasteiger partial charge in [-0.15, -0.1) is 0 Å². The minimum Gasteiger partial charge on any atom is -0.492 e. The molecule has 1 fully saturated rings. The lowest BCUT2D eigenvalue weighted by molar-refractivity contribution is -0.126. The molecule has 0 unspecified atom stereocenters. The normalized spacial score (nSPS) is 14.7. The number of piperidine rings is 1. The minimum atomic E-state index is -0.544. The molecule has 1 heterocycles. The lowest BCUT2D eigenvalue weighted by atomic mass is 9.95. The van der Waals surface area contributed by atoms with E-state index >= 15 is 0 Å². The second-order valence-electron chi connectivity index (χ2n) is 7.17. The molecule has 0 spiro atoms. The fraction of sp³-hybridized carbons (Fsp3) is 0.364. The van der Waals surface area contributed by atoms with Crippen LogP contribution in [-0.2, 0) is 4.79 Å². The molecule has 1 aliphatic rings. The van der Waals surface area contributed by atoms with E-state index in [-0.39, 0.29) is 17.7 Å². The molecule has 0 atom stereocenters. The number of ether oxygens (including phenoxy) is 1. The molecule has 1 saturated heterocycles. The van der Waals surface area contributed by atoms with Gasteiger partial charge in [0.1, 0.15) is 12.4 Å². The zero-order valence-corrected chi connectivity index (χ0v) is 16.4. The summed E-state index contributed by atoms with van der Waals surface area (Å²) >= 11 is 0. The molecule has 0 radical (unpaired) electrons. The van der Waals surface area contributed by atoms with Crippen molar-refractivity contribution >= 4 is 11.8 Å². The predicted molar refractivity (Wildman–Crippen MR) is 111 cm³/mol. The molecule has 0 bridgehead atoms. The van der Waals surface area contributed by atoms with Crippen molar-refractivity contribution in [3.05, 3.63) is 65.7 Å². The number of nitrogens with zero attached hydrogens (tertiary/aromatic N) is 1. The van der Waals surface area contributed by atoms with Crippen LogP contribution in [-0.4, -0.2) is 43.0 Å². The summed E-state index contributed by atoms with van der Waals surface area (Å²) in [7, 11) is 0. The SMILES string of the molecule is NC(N)c1cccc(OCCNC(=O)C2CCN(C(=O)c3ccccc3)CC2)c1. The zero-order chi connectivity index (χ0) is 20.6. The maximum absolute atomic E-state index is 12.5. The summed E-state index contributed by atoms with van der Waals surface area (Å²) < 4.78 is 5.65. The summed E-state index contributed by atoms with van der Waals surface area (Å²) in [6.45, 7) is 1.96. The Balaban J connectivity index is 1.38. The number of hydrogen-bond acceptors (Lipinski definition) is 5. The Morgan fingerprint density at radius 3 is 2.48 bits per heavy atom. The highest BCUT2D eigenvalue weighted by atomic mass is 16.5. The maximum Gasteiger partial charge on any atom is 0.253 e. The van der Waals surface area contributed by atoms with Gasteiger partial charge in [-0.1, -0.05) is 30.3 Å². The summed E-state index contributed by atoms with van der Waals surface area (Å²) in [5.41, 5.74) is 12.8. The Kier molecular flexibility index (Phi) is 7.21. The maximum atomic E-state index is 12.5. The first-order chi connectivity index (χ1) is 14.0. The number of nitrogens with two attached hydrogens (primary N) is 2. The Bertz CT molecular complexity index is 818. The van der Waals surface area contributed by atoms with Crippen LogP contribution in [0.15, 0.2) is 54.6 Å². The summed E-state index contributed by atoms with van der Waals surface area (Å²) in [6, 6.07) is 16.5. The molecule has 154 valence electrons. The van der Waals surface area contributed by atoms with Crippen molar-refractivity contribution in [2.24, 2.45) is 17.4 Å². The molecule has 7 heteroatoms. The van der Waals surface area contributed by atoms with E-state index < -0.39 is 6.17 Å². The zero-order valence-electron chi connectivity index (χ0n) is 16.4. The van der Waals surface area contributed by atoms with Crippen LogP contribution in [0.1, 0.15) is 34.9 Å². The van der Waals surface area contributed by atoms with Crippen molar-refractivity contribution in [2.45, 2.75) is 19.0 Å². The molecular formula is C22H28N4O3. The Morgan fingerprint density at radius 2 is 1.79 bits per heavy atom. The van der Waals surface area contributed by atoms with Crippen molar-refractivity contribution in [1.29, 1.82) is 0 Å². The van der Waals surface area contributed by atoms with Crippen LogP contribution in [0.4, 0.5) is 0 Å². The Labute approximate surface area is 171 Å². The summed E-state index contributed by atoms with van der Waals surface area (Å²) in [5, 5.41) is 2.92. The molecule has 2 amide bonds. The van der Waals surface area contributed by atoms with Gasteiger partial charge in [-0.2, -0.15) is 0 Å². The second kappa shape index (κ2) is 10.0. The number of amides is 2. The lowest BCUT2D eigenvalue weighted by Gasteiger charge is -2.31. The molecule has 3 rings (SSSR count). The van der Waals surface area contributed by atoms with Gasteiger partial charge in [0, 0.05) is 24.6 Å². The predicted octanol–water partition coefficient (Wildman–Crippen LogP) is 1.65. The van der Waals surface area contributed by atoms with Gasteiger partial charge in [-0.25, -0.2) is 0 Å². The van der Waals surface area contributed by atoms with Gasteiger partial charge < -0.3 is 26.4 Å². The van der Waals surface area contributed by atoms with Gasteiger partial charge in [-0.3, -0.25) is 9.59 Å². The van der Waals surface area contributed by atoms with Crippen LogP contribution in [0, 0.1) is 5.92 Å². The van der Waals surface area contributed by atoms with Crippen LogP contribution >= 0.6 is 0 Å². The fourth-order valence-electron chi connectivity index (χ4n) is 3.41. The van der Waals surface area contributed by atoms with E-state index in [0.717, 1.165) is 5.56 Å². The largest absolute Gasteiger partial charge is 0.492 e. The molecule has 7 nitrogen and oxygen atoms in total. The molecule has 2 aromatic rings. The Morgan fingerprint density at radius 1 is 1.07 bits per heavy atom. The number of likely N-dealkylation sites (tertiary alicyclic amines) is 1. The minimum absolute atomic E-state index is 0.0122. The van der Waals surface area contributed by atoms with E-state index in [4.69, 9.17) is 16.2 Å². The van der Waals surface area contributed by atoms with Gasteiger partial charge in [0.25, 0.3) is 5.91 Å². The van der Waals surface area contributed by atoms with E-state index in [2.05, 4.69) is 5.32 Å². The average molecular weight is 396 g/mol. The first kappa shape index (κ1) is 20.8. The number of nitrogens with one attached hydrogen (secondary N) is 1. The summed E-state index contributed by atoms with van der Waals surface area (Å²) in [5.74, 6) is 0.634. The highest BCUT2D eigenvalue weighted by molar-refractivity contribution is 5.94.